The highest BCUT2D eigenvalue weighted by atomic mass is 16.7. The lowest BCUT2D eigenvalue weighted by Crippen LogP contribution is -2.36. The van der Waals surface area contributed by atoms with Crippen molar-refractivity contribution < 1.29 is 19.2 Å². The summed E-state index contributed by atoms with van der Waals surface area (Å²) >= 11 is 0. The summed E-state index contributed by atoms with van der Waals surface area (Å²) in [5, 5.41) is 0. The number of nitrogen functional groups attached to an aromatic ring is 1. The molecule has 0 fully saturated rings. The Hall–Kier alpha value is -4.01. The van der Waals surface area contributed by atoms with E-state index in [1.807, 2.05) is 6.07 Å². The fourth-order valence-corrected chi connectivity index (χ4v) is 2.41. The predicted molar refractivity (Wildman–Crippen MR) is 99.0 cm³/mol. The van der Waals surface area contributed by atoms with Gasteiger partial charge in [0.05, 0.1) is 0 Å². The van der Waals surface area contributed by atoms with Crippen LogP contribution in [0.4, 0.5) is 5.82 Å². The van der Waals surface area contributed by atoms with Gasteiger partial charge in [0.1, 0.15) is 12.4 Å². The first-order chi connectivity index (χ1) is 13.5. The van der Waals surface area contributed by atoms with E-state index in [9.17, 15) is 14.4 Å². The van der Waals surface area contributed by atoms with E-state index in [0.717, 1.165) is 12.5 Å². The molecule has 2 N–H and O–H groups in total. The third-order valence-electron chi connectivity index (χ3n) is 3.65. The predicted octanol–water partition coefficient (Wildman–Crippen LogP) is 1.22. The van der Waals surface area contributed by atoms with Crippen LogP contribution in [0, 0.1) is 0 Å². The van der Waals surface area contributed by atoms with E-state index in [-0.39, 0.29) is 18.2 Å². The summed E-state index contributed by atoms with van der Waals surface area (Å²) in [5.41, 5.74) is 5.53. The summed E-state index contributed by atoms with van der Waals surface area (Å²) in [6.07, 6.45) is 2.94. The second-order valence-corrected chi connectivity index (χ2v) is 5.68. The van der Waals surface area contributed by atoms with Gasteiger partial charge in [-0.3, -0.25) is 9.78 Å². The van der Waals surface area contributed by atoms with E-state index in [1.165, 1.54) is 12.4 Å². The maximum absolute atomic E-state index is 12.8. The van der Waals surface area contributed by atoms with E-state index in [1.54, 1.807) is 36.4 Å². The number of carbonyl (C=O) groups is 2. The van der Waals surface area contributed by atoms with Crippen molar-refractivity contribution in [2.45, 2.75) is 13.5 Å². The number of nitrogens with zero attached hydrogens (tertiary/aromatic N) is 3. The normalized spacial score (nSPS) is 10.3. The molecule has 0 unspecified atom stereocenters. The van der Waals surface area contributed by atoms with Crippen LogP contribution in [0.15, 0.2) is 59.7 Å². The highest BCUT2D eigenvalue weighted by Gasteiger charge is 2.24. The van der Waals surface area contributed by atoms with E-state index in [4.69, 9.17) is 15.3 Å². The number of pyridine rings is 1. The van der Waals surface area contributed by atoms with Crippen molar-refractivity contribution in [1.29, 1.82) is 0 Å². The molecule has 0 bridgehead atoms. The Morgan fingerprint density at radius 3 is 2.43 bits per heavy atom. The summed E-state index contributed by atoms with van der Waals surface area (Å²) in [6, 6.07) is 12.0. The third kappa shape index (κ3) is 4.04. The van der Waals surface area contributed by atoms with Gasteiger partial charge in [-0.1, -0.05) is 30.3 Å². The average Bonchev–Trinajstić information content (AvgIpc) is 2.69. The van der Waals surface area contributed by atoms with Gasteiger partial charge in [-0.05, 0) is 17.7 Å². The number of nitrogens with two attached hydrogens (primary N) is 1. The van der Waals surface area contributed by atoms with Crippen LogP contribution in [-0.4, -0.2) is 26.6 Å². The minimum atomic E-state index is -0.971. The molecular formula is C19H16N4O5. The van der Waals surface area contributed by atoms with Gasteiger partial charge in [0.25, 0.3) is 0 Å². The van der Waals surface area contributed by atoms with Crippen LogP contribution >= 0.6 is 0 Å². The topological polar surface area (TPSA) is 126 Å². The van der Waals surface area contributed by atoms with Crippen LogP contribution in [0.3, 0.4) is 0 Å². The number of benzene rings is 1. The SMILES string of the molecule is CC(=O)On1c(-c2ccncc2)nc(N)c(C(=O)OCc2ccccc2)c1=O. The summed E-state index contributed by atoms with van der Waals surface area (Å²) in [5.74, 6) is -2.12. The van der Waals surface area contributed by atoms with Gasteiger partial charge < -0.3 is 15.3 Å². The van der Waals surface area contributed by atoms with E-state index in [0.29, 0.717) is 10.3 Å². The highest BCUT2D eigenvalue weighted by molar-refractivity contribution is 5.94. The van der Waals surface area contributed by atoms with Crippen LogP contribution in [0.2, 0.25) is 0 Å². The van der Waals surface area contributed by atoms with Crippen molar-refractivity contribution in [3.8, 4) is 11.4 Å². The smallest absolute Gasteiger partial charge is 0.348 e. The van der Waals surface area contributed by atoms with E-state index >= 15 is 0 Å². The largest absolute Gasteiger partial charge is 0.457 e. The summed E-state index contributed by atoms with van der Waals surface area (Å²) < 4.78 is 5.78. The molecule has 0 aliphatic heterocycles. The molecule has 9 nitrogen and oxygen atoms in total. The van der Waals surface area contributed by atoms with Crippen molar-refractivity contribution in [3.63, 3.8) is 0 Å². The highest BCUT2D eigenvalue weighted by Crippen LogP contribution is 2.17. The Morgan fingerprint density at radius 1 is 1.11 bits per heavy atom. The molecule has 0 radical (unpaired) electrons. The van der Waals surface area contributed by atoms with Crippen LogP contribution in [0.25, 0.3) is 11.4 Å². The fourth-order valence-electron chi connectivity index (χ4n) is 2.41. The number of hydrogen-bond acceptors (Lipinski definition) is 8. The lowest BCUT2D eigenvalue weighted by molar-refractivity contribution is -0.141. The van der Waals surface area contributed by atoms with Crippen molar-refractivity contribution in [2.75, 3.05) is 5.73 Å². The van der Waals surface area contributed by atoms with Gasteiger partial charge in [-0.15, -0.1) is 4.73 Å². The van der Waals surface area contributed by atoms with Gasteiger partial charge >= 0.3 is 17.5 Å². The standard InChI is InChI=1S/C19H16N4O5/c1-12(24)28-23-17(14-7-9-21-10-8-14)22-16(20)15(18(23)25)19(26)27-11-13-5-3-2-4-6-13/h2-10H,11,20H2,1H3. The quantitative estimate of drug-likeness (QED) is 0.655. The summed E-state index contributed by atoms with van der Waals surface area (Å²) in [7, 11) is 0. The molecule has 9 heteroatoms. The molecule has 3 rings (SSSR count). The zero-order valence-corrected chi connectivity index (χ0v) is 14.9. The average molecular weight is 380 g/mol. The van der Waals surface area contributed by atoms with Crippen molar-refractivity contribution in [1.82, 2.24) is 14.7 Å². The van der Waals surface area contributed by atoms with Gasteiger partial charge in [-0.2, -0.15) is 0 Å². The summed E-state index contributed by atoms with van der Waals surface area (Å²) in [6.45, 7) is 1.06. The number of anilines is 1. The fraction of sp³-hybridized carbons (Fsp3) is 0.105. The first kappa shape index (κ1) is 18.8. The molecule has 2 heterocycles. The zero-order chi connectivity index (χ0) is 20.1. The zero-order valence-electron chi connectivity index (χ0n) is 14.9. The second kappa shape index (κ2) is 8.12. The van der Waals surface area contributed by atoms with Crippen molar-refractivity contribution in [2.24, 2.45) is 0 Å². The molecule has 1 aromatic carbocycles. The molecule has 0 aliphatic carbocycles. The van der Waals surface area contributed by atoms with Crippen molar-refractivity contribution >= 4 is 17.8 Å². The Kier molecular flexibility index (Phi) is 5.45. The van der Waals surface area contributed by atoms with E-state index < -0.39 is 23.1 Å². The second-order valence-electron chi connectivity index (χ2n) is 5.68. The van der Waals surface area contributed by atoms with Gasteiger partial charge in [0.2, 0.25) is 0 Å². The lowest BCUT2D eigenvalue weighted by Gasteiger charge is -2.13. The van der Waals surface area contributed by atoms with Crippen molar-refractivity contribution in [3.05, 3.63) is 76.3 Å². The van der Waals surface area contributed by atoms with E-state index in [2.05, 4.69) is 9.97 Å². The minimum absolute atomic E-state index is 0.0419. The number of ether oxygens (including phenoxy) is 1. The molecular weight excluding hydrogens is 364 g/mol. The molecule has 0 saturated heterocycles. The molecule has 0 spiro atoms. The maximum atomic E-state index is 12.8. The number of hydrogen-bond donors (Lipinski definition) is 1. The van der Waals surface area contributed by atoms with Crippen LogP contribution in [-0.2, 0) is 16.1 Å². The first-order valence-corrected chi connectivity index (χ1v) is 8.20. The number of rotatable bonds is 5. The monoisotopic (exact) mass is 380 g/mol. The maximum Gasteiger partial charge on any atom is 0.348 e. The Morgan fingerprint density at radius 2 is 1.79 bits per heavy atom. The molecule has 0 amide bonds. The molecule has 2 aromatic heterocycles. The van der Waals surface area contributed by atoms with Crippen LogP contribution in [0.5, 0.6) is 0 Å². The van der Waals surface area contributed by atoms with Crippen LogP contribution < -0.4 is 16.1 Å². The first-order valence-electron chi connectivity index (χ1n) is 8.20. The molecule has 3 aromatic rings. The lowest BCUT2D eigenvalue weighted by atomic mass is 10.2. The Bertz CT molecular complexity index is 1060. The van der Waals surface area contributed by atoms with Gasteiger partial charge in [0, 0.05) is 24.9 Å². The van der Waals surface area contributed by atoms with Gasteiger partial charge in [-0.25, -0.2) is 14.6 Å². The Labute approximate surface area is 159 Å². The number of aromatic nitrogens is 3. The number of esters is 1. The molecule has 0 saturated carbocycles. The molecule has 0 aliphatic rings. The number of carbonyl (C=O) groups excluding carboxylic acids is 2. The van der Waals surface area contributed by atoms with Gasteiger partial charge in [0.15, 0.2) is 11.4 Å². The minimum Gasteiger partial charge on any atom is -0.457 e. The summed E-state index contributed by atoms with van der Waals surface area (Å²) in [4.78, 5) is 49.6. The third-order valence-corrected chi connectivity index (χ3v) is 3.65. The molecule has 28 heavy (non-hydrogen) atoms. The Balaban J connectivity index is 2.01. The van der Waals surface area contributed by atoms with Crippen LogP contribution in [0.1, 0.15) is 22.8 Å². The molecule has 0 atom stereocenters. The molecule has 142 valence electrons.